The maximum Gasteiger partial charge on any atom is 0.161 e. The van der Waals surface area contributed by atoms with E-state index in [1.54, 1.807) is 18.3 Å². The van der Waals surface area contributed by atoms with E-state index in [1.165, 1.54) is 6.92 Å². The Balaban J connectivity index is 2.80. The minimum atomic E-state index is -0.0342. The summed E-state index contributed by atoms with van der Waals surface area (Å²) in [6, 6.07) is 3.50. The number of hydrogen-bond acceptors (Lipinski definition) is 2. The molecule has 0 spiro atoms. The van der Waals surface area contributed by atoms with Crippen LogP contribution in [-0.4, -0.2) is 16.0 Å². The number of aromatic amines is 1. The first kappa shape index (κ1) is 8.26. The molecule has 13 heavy (non-hydrogen) atoms. The van der Waals surface area contributed by atoms with Gasteiger partial charge in [0.25, 0.3) is 0 Å². The molecule has 3 nitrogen and oxygen atoms in total. The number of nitrogens with one attached hydrogen (secondary N) is 1. The summed E-state index contributed by atoms with van der Waals surface area (Å²) in [6.07, 6.45) is 1.62. The highest BCUT2D eigenvalue weighted by atomic mass is 35.5. The molecule has 2 aromatic rings. The highest BCUT2D eigenvalue weighted by molar-refractivity contribution is 6.38. The zero-order valence-electron chi connectivity index (χ0n) is 6.97. The summed E-state index contributed by atoms with van der Waals surface area (Å²) in [7, 11) is 0. The molecule has 1 aromatic carbocycles. The van der Waals surface area contributed by atoms with Gasteiger partial charge in [0.2, 0.25) is 0 Å². The van der Waals surface area contributed by atoms with Crippen molar-refractivity contribution in [3.63, 3.8) is 0 Å². The molecule has 1 heterocycles. The summed E-state index contributed by atoms with van der Waals surface area (Å²) in [5.74, 6) is -0.0342. The molecule has 0 aliphatic heterocycles. The van der Waals surface area contributed by atoms with E-state index in [2.05, 4.69) is 10.2 Å². The number of nitrogens with zero attached hydrogens (tertiary/aromatic N) is 1. The molecule has 0 unspecified atom stereocenters. The Kier molecular flexibility index (Phi) is 1.81. The lowest BCUT2D eigenvalue weighted by Crippen LogP contribution is -1.92. The fourth-order valence-corrected chi connectivity index (χ4v) is 1.60. The maximum atomic E-state index is 11.1. The quantitative estimate of drug-likeness (QED) is 0.709. The molecule has 0 radical (unpaired) electrons. The first-order chi connectivity index (χ1) is 6.20. The summed E-state index contributed by atoms with van der Waals surface area (Å²) in [6.45, 7) is 1.49. The Hall–Kier alpha value is -1.35. The highest BCUT2D eigenvalue weighted by Gasteiger charge is 2.09. The summed E-state index contributed by atoms with van der Waals surface area (Å²) in [5, 5.41) is 7.88. The number of Topliss-reactive ketones (excluding diaryl/α,β-unsaturated/α-hetero) is 1. The molecule has 0 fully saturated rings. The van der Waals surface area contributed by atoms with Crippen LogP contribution in [0.2, 0.25) is 5.02 Å². The van der Waals surface area contributed by atoms with Gasteiger partial charge in [-0.2, -0.15) is 5.10 Å². The molecule has 66 valence electrons. The number of aromatic nitrogens is 2. The van der Waals surface area contributed by atoms with Crippen LogP contribution in [0, 0.1) is 0 Å². The molecule has 0 saturated heterocycles. The Morgan fingerprint density at radius 1 is 1.54 bits per heavy atom. The van der Waals surface area contributed by atoms with Gasteiger partial charge in [-0.1, -0.05) is 11.6 Å². The monoisotopic (exact) mass is 194 g/mol. The van der Waals surface area contributed by atoms with Gasteiger partial charge in [-0.15, -0.1) is 0 Å². The number of rotatable bonds is 1. The van der Waals surface area contributed by atoms with E-state index in [0.29, 0.717) is 10.6 Å². The van der Waals surface area contributed by atoms with Crippen molar-refractivity contribution in [1.82, 2.24) is 10.2 Å². The average Bonchev–Trinajstić information content (AvgIpc) is 2.52. The van der Waals surface area contributed by atoms with Gasteiger partial charge < -0.3 is 0 Å². The van der Waals surface area contributed by atoms with Gasteiger partial charge in [0.1, 0.15) is 0 Å². The Morgan fingerprint density at radius 2 is 2.31 bits per heavy atom. The van der Waals surface area contributed by atoms with E-state index in [-0.39, 0.29) is 5.78 Å². The van der Waals surface area contributed by atoms with Crippen LogP contribution < -0.4 is 0 Å². The average molecular weight is 195 g/mol. The van der Waals surface area contributed by atoms with Crippen LogP contribution in [0.4, 0.5) is 0 Å². The van der Waals surface area contributed by atoms with E-state index in [0.717, 1.165) is 10.9 Å². The third-order valence-electron chi connectivity index (χ3n) is 1.94. The molecular formula is C9H7ClN2O. The van der Waals surface area contributed by atoms with Crippen LogP contribution in [0.5, 0.6) is 0 Å². The van der Waals surface area contributed by atoms with E-state index in [9.17, 15) is 4.79 Å². The minimum absolute atomic E-state index is 0.0342. The topological polar surface area (TPSA) is 45.8 Å². The molecule has 4 heteroatoms. The minimum Gasteiger partial charge on any atom is -0.294 e. The van der Waals surface area contributed by atoms with Crippen LogP contribution in [0.1, 0.15) is 17.3 Å². The Labute approximate surface area is 79.7 Å². The smallest absolute Gasteiger partial charge is 0.161 e. The van der Waals surface area contributed by atoms with Crippen molar-refractivity contribution < 1.29 is 4.79 Å². The molecule has 2 rings (SSSR count). The molecular weight excluding hydrogens is 188 g/mol. The predicted octanol–water partition coefficient (Wildman–Crippen LogP) is 2.42. The van der Waals surface area contributed by atoms with Gasteiger partial charge in [0.15, 0.2) is 5.78 Å². The molecule has 1 aromatic heterocycles. The number of fused-ring (bicyclic) bond motifs is 1. The molecule has 0 saturated carbocycles. The number of carbonyl (C=O) groups excluding carboxylic acids is 1. The second-order valence-electron chi connectivity index (χ2n) is 2.81. The van der Waals surface area contributed by atoms with Gasteiger partial charge in [-0.3, -0.25) is 9.89 Å². The summed E-state index contributed by atoms with van der Waals surface area (Å²) < 4.78 is 0. The third-order valence-corrected chi connectivity index (χ3v) is 2.34. The van der Waals surface area contributed by atoms with Crippen molar-refractivity contribution in [3.05, 3.63) is 28.9 Å². The van der Waals surface area contributed by atoms with Gasteiger partial charge in [0.05, 0.1) is 16.7 Å². The lowest BCUT2D eigenvalue weighted by molar-refractivity contribution is 0.101. The zero-order chi connectivity index (χ0) is 9.42. The van der Waals surface area contributed by atoms with Crippen molar-refractivity contribution in [2.45, 2.75) is 6.92 Å². The number of H-pyrrole nitrogens is 1. The second kappa shape index (κ2) is 2.85. The van der Waals surface area contributed by atoms with Gasteiger partial charge in [-0.05, 0) is 19.1 Å². The van der Waals surface area contributed by atoms with E-state index < -0.39 is 0 Å². The fraction of sp³-hybridized carbons (Fsp3) is 0.111. The van der Waals surface area contributed by atoms with E-state index >= 15 is 0 Å². The van der Waals surface area contributed by atoms with E-state index in [4.69, 9.17) is 11.6 Å². The third kappa shape index (κ3) is 1.21. The van der Waals surface area contributed by atoms with Crippen molar-refractivity contribution >= 4 is 28.3 Å². The molecule has 0 aliphatic rings. The van der Waals surface area contributed by atoms with Gasteiger partial charge >= 0.3 is 0 Å². The van der Waals surface area contributed by atoms with Crippen LogP contribution in [0.25, 0.3) is 10.9 Å². The molecule has 0 amide bonds. The van der Waals surface area contributed by atoms with E-state index in [1.807, 2.05) is 0 Å². The number of ketones is 1. The van der Waals surface area contributed by atoms with Gasteiger partial charge in [0, 0.05) is 10.9 Å². The van der Waals surface area contributed by atoms with Crippen LogP contribution in [0.3, 0.4) is 0 Å². The van der Waals surface area contributed by atoms with Crippen molar-refractivity contribution in [2.24, 2.45) is 0 Å². The van der Waals surface area contributed by atoms with Crippen molar-refractivity contribution in [2.75, 3.05) is 0 Å². The highest BCUT2D eigenvalue weighted by Crippen LogP contribution is 2.25. The lowest BCUT2D eigenvalue weighted by Gasteiger charge is -1.99. The number of benzene rings is 1. The van der Waals surface area contributed by atoms with Crippen molar-refractivity contribution in [1.29, 1.82) is 0 Å². The normalized spacial score (nSPS) is 10.6. The van der Waals surface area contributed by atoms with Crippen LogP contribution in [-0.2, 0) is 0 Å². The standard InChI is InChI=1S/C9H7ClN2O/c1-5(13)6-2-3-8-7(9(6)10)4-11-12-8/h2-4H,1H3,(H,11,12). The van der Waals surface area contributed by atoms with Crippen LogP contribution >= 0.6 is 11.6 Å². The summed E-state index contributed by atoms with van der Waals surface area (Å²) in [4.78, 5) is 11.1. The second-order valence-corrected chi connectivity index (χ2v) is 3.19. The van der Waals surface area contributed by atoms with Gasteiger partial charge in [-0.25, -0.2) is 0 Å². The first-order valence-corrected chi connectivity index (χ1v) is 4.20. The van der Waals surface area contributed by atoms with Crippen molar-refractivity contribution in [3.8, 4) is 0 Å². The molecule has 0 bridgehead atoms. The number of hydrogen-bond donors (Lipinski definition) is 1. The summed E-state index contributed by atoms with van der Waals surface area (Å²) in [5.41, 5.74) is 1.38. The maximum absolute atomic E-state index is 11.1. The molecule has 0 aliphatic carbocycles. The lowest BCUT2D eigenvalue weighted by atomic mass is 10.1. The Morgan fingerprint density at radius 3 is 3.00 bits per heavy atom. The first-order valence-electron chi connectivity index (χ1n) is 3.82. The predicted molar refractivity (Wildman–Crippen MR) is 51.1 cm³/mol. The largest absolute Gasteiger partial charge is 0.294 e. The molecule has 1 N–H and O–H groups in total. The summed E-state index contributed by atoms with van der Waals surface area (Å²) >= 11 is 6.00. The number of halogens is 1. The Bertz CT molecular complexity index is 475. The fourth-order valence-electron chi connectivity index (χ4n) is 1.25. The molecule has 0 atom stereocenters. The SMILES string of the molecule is CC(=O)c1ccc2[nH]ncc2c1Cl. The zero-order valence-corrected chi connectivity index (χ0v) is 7.72. The van der Waals surface area contributed by atoms with Crippen LogP contribution in [0.15, 0.2) is 18.3 Å². The number of carbonyl (C=O) groups is 1.